The predicted octanol–water partition coefficient (Wildman–Crippen LogP) is 6.49. The highest BCUT2D eigenvalue weighted by molar-refractivity contribution is 5.13. The van der Waals surface area contributed by atoms with Crippen molar-refractivity contribution in [3.05, 3.63) is 24.3 Å². The molecule has 2 aliphatic rings. The van der Waals surface area contributed by atoms with E-state index in [1.54, 1.807) is 0 Å². The Morgan fingerprint density at radius 3 is 2.57 bits per heavy atom. The summed E-state index contributed by atoms with van der Waals surface area (Å²) in [5.74, 6) is 6.81. The van der Waals surface area contributed by atoms with Crippen molar-refractivity contribution in [2.45, 2.75) is 66.7 Å². The molecule has 2 rings (SSSR count). The van der Waals surface area contributed by atoms with Crippen LogP contribution >= 0.6 is 0 Å². The Bertz CT molecular complexity index is 375. The molecule has 0 aliphatic heterocycles. The van der Waals surface area contributed by atoms with Gasteiger partial charge in [0.15, 0.2) is 0 Å². The zero-order valence-corrected chi connectivity index (χ0v) is 14.9. The van der Waals surface area contributed by atoms with Gasteiger partial charge in [0.1, 0.15) is 0 Å². The van der Waals surface area contributed by atoms with E-state index in [2.05, 4.69) is 47.3 Å². The van der Waals surface area contributed by atoms with Gasteiger partial charge in [-0.2, -0.15) is 0 Å². The standard InChI is InChI=1S/C21H36/c1-7-15(4)13-16(5)9-8-10-19-17(6)21-18(14(2)3)11-12-20(19)21/h7,13-14,16-21H,1,8-12H2,2-6H3. The Labute approximate surface area is 133 Å². The molecule has 0 aromatic carbocycles. The number of allylic oxidation sites excluding steroid dienone is 3. The minimum Gasteiger partial charge on any atom is -0.0988 e. The summed E-state index contributed by atoms with van der Waals surface area (Å²) in [6.07, 6.45) is 11.6. The fourth-order valence-electron chi connectivity index (χ4n) is 5.43. The normalized spacial score (nSPS) is 37.2. The second-order valence-electron chi connectivity index (χ2n) is 8.27. The molecule has 0 aromatic rings. The number of hydrogen-bond donors (Lipinski definition) is 0. The van der Waals surface area contributed by atoms with Gasteiger partial charge in [-0.1, -0.05) is 58.4 Å². The van der Waals surface area contributed by atoms with Gasteiger partial charge in [-0.3, -0.25) is 0 Å². The van der Waals surface area contributed by atoms with Crippen LogP contribution in [0.4, 0.5) is 0 Å². The van der Waals surface area contributed by atoms with E-state index in [1.165, 1.54) is 37.7 Å². The predicted molar refractivity (Wildman–Crippen MR) is 94.2 cm³/mol. The van der Waals surface area contributed by atoms with Crippen LogP contribution in [0.15, 0.2) is 24.3 Å². The summed E-state index contributed by atoms with van der Waals surface area (Å²) in [7, 11) is 0. The Hall–Kier alpha value is -0.520. The van der Waals surface area contributed by atoms with Crippen molar-refractivity contribution in [2.75, 3.05) is 0 Å². The lowest BCUT2D eigenvalue weighted by Gasteiger charge is -2.51. The summed E-state index contributed by atoms with van der Waals surface area (Å²) in [5.41, 5.74) is 1.33. The summed E-state index contributed by atoms with van der Waals surface area (Å²) in [6, 6.07) is 0. The van der Waals surface area contributed by atoms with Crippen LogP contribution in [0, 0.1) is 41.4 Å². The lowest BCUT2D eigenvalue weighted by atomic mass is 9.54. The Morgan fingerprint density at radius 1 is 1.24 bits per heavy atom. The Kier molecular flexibility index (Phi) is 5.74. The summed E-state index contributed by atoms with van der Waals surface area (Å²) in [4.78, 5) is 0. The van der Waals surface area contributed by atoms with E-state index in [0.29, 0.717) is 5.92 Å². The van der Waals surface area contributed by atoms with E-state index in [1.807, 2.05) is 6.08 Å². The first-order valence-corrected chi connectivity index (χ1v) is 9.26. The molecule has 2 fully saturated rings. The summed E-state index contributed by atoms with van der Waals surface area (Å²) in [5, 5.41) is 0. The van der Waals surface area contributed by atoms with Crippen molar-refractivity contribution in [1.82, 2.24) is 0 Å². The summed E-state index contributed by atoms with van der Waals surface area (Å²) >= 11 is 0. The van der Waals surface area contributed by atoms with Gasteiger partial charge in [-0.05, 0) is 74.0 Å². The largest absolute Gasteiger partial charge is 0.0988 e. The maximum atomic E-state index is 3.84. The molecule has 6 atom stereocenters. The lowest BCUT2D eigenvalue weighted by molar-refractivity contribution is -0.0259. The molecular weight excluding hydrogens is 252 g/mol. The fourth-order valence-corrected chi connectivity index (χ4v) is 5.43. The van der Waals surface area contributed by atoms with Crippen LogP contribution in [0.25, 0.3) is 0 Å². The molecular formula is C21H36. The highest BCUT2D eigenvalue weighted by atomic mass is 14.6. The summed E-state index contributed by atoms with van der Waals surface area (Å²) in [6.45, 7) is 15.8. The van der Waals surface area contributed by atoms with Crippen molar-refractivity contribution >= 4 is 0 Å². The number of rotatable bonds is 7. The van der Waals surface area contributed by atoms with Gasteiger partial charge in [0.05, 0.1) is 0 Å². The molecule has 120 valence electrons. The van der Waals surface area contributed by atoms with E-state index < -0.39 is 0 Å². The molecule has 0 bridgehead atoms. The topological polar surface area (TPSA) is 0 Å². The monoisotopic (exact) mass is 288 g/mol. The maximum Gasteiger partial charge on any atom is -0.0256 e. The second kappa shape index (κ2) is 7.16. The van der Waals surface area contributed by atoms with Crippen molar-refractivity contribution < 1.29 is 0 Å². The molecule has 2 aliphatic carbocycles. The Morgan fingerprint density at radius 2 is 1.95 bits per heavy atom. The van der Waals surface area contributed by atoms with Crippen LogP contribution in [0.3, 0.4) is 0 Å². The zero-order chi connectivity index (χ0) is 15.6. The van der Waals surface area contributed by atoms with Crippen molar-refractivity contribution in [3.63, 3.8) is 0 Å². The van der Waals surface area contributed by atoms with Gasteiger partial charge < -0.3 is 0 Å². The molecule has 0 nitrogen and oxygen atoms in total. The minimum absolute atomic E-state index is 0.709. The molecule has 6 unspecified atom stereocenters. The van der Waals surface area contributed by atoms with E-state index >= 15 is 0 Å². The van der Waals surface area contributed by atoms with E-state index in [4.69, 9.17) is 0 Å². The highest BCUT2D eigenvalue weighted by Crippen LogP contribution is 2.60. The molecule has 0 radical (unpaired) electrons. The average Bonchev–Trinajstić information content (AvgIpc) is 2.83. The zero-order valence-electron chi connectivity index (χ0n) is 14.9. The molecule has 0 saturated heterocycles. The third-order valence-electron chi connectivity index (χ3n) is 6.58. The third kappa shape index (κ3) is 3.63. The summed E-state index contributed by atoms with van der Waals surface area (Å²) < 4.78 is 0. The molecule has 0 amide bonds. The van der Waals surface area contributed by atoms with E-state index in [0.717, 1.165) is 35.5 Å². The van der Waals surface area contributed by atoms with Crippen molar-refractivity contribution in [2.24, 2.45) is 41.4 Å². The van der Waals surface area contributed by atoms with Crippen LogP contribution in [-0.4, -0.2) is 0 Å². The average molecular weight is 289 g/mol. The van der Waals surface area contributed by atoms with E-state index in [-0.39, 0.29) is 0 Å². The van der Waals surface area contributed by atoms with Crippen molar-refractivity contribution in [3.8, 4) is 0 Å². The molecule has 0 heterocycles. The first-order valence-electron chi connectivity index (χ1n) is 9.26. The van der Waals surface area contributed by atoms with Crippen LogP contribution in [0.5, 0.6) is 0 Å². The van der Waals surface area contributed by atoms with Crippen molar-refractivity contribution in [1.29, 1.82) is 0 Å². The SMILES string of the molecule is C=CC(C)=CC(C)CCCC1C(C)C2C(C(C)C)CCC12. The molecule has 21 heavy (non-hydrogen) atoms. The van der Waals surface area contributed by atoms with Crippen LogP contribution in [-0.2, 0) is 0 Å². The second-order valence-corrected chi connectivity index (χ2v) is 8.27. The lowest BCUT2D eigenvalue weighted by Crippen LogP contribution is -2.45. The quantitative estimate of drug-likeness (QED) is 0.470. The van der Waals surface area contributed by atoms with E-state index in [9.17, 15) is 0 Å². The smallest absolute Gasteiger partial charge is 0.0256 e. The molecule has 0 aromatic heterocycles. The molecule has 0 spiro atoms. The fraction of sp³-hybridized carbons (Fsp3) is 0.810. The van der Waals surface area contributed by atoms with Gasteiger partial charge in [0, 0.05) is 0 Å². The van der Waals surface area contributed by atoms with Gasteiger partial charge in [-0.25, -0.2) is 0 Å². The third-order valence-corrected chi connectivity index (χ3v) is 6.58. The van der Waals surface area contributed by atoms with Crippen LogP contribution in [0.2, 0.25) is 0 Å². The minimum atomic E-state index is 0.709. The van der Waals surface area contributed by atoms with Gasteiger partial charge >= 0.3 is 0 Å². The maximum absolute atomic E-state index is 3.84. The number of hydrogen-bond acceptors (Lipinski definition) is 0. The van der Waals surface area contributed by atoms with Gasteiger partial charge in [0.2, 0.25) is 0 Å². The van der Waals surface area contributed by atoms with Crippen LogP contribution < -0.4 is 0 Å². The van der Waals surface area contributed by atoms with Crippen LogP contribution in [0.1, 0.15) is 66.7 Å². The van der Waals surface area contributed by atoms with Gasteiger partial charge in [0.25, 0.3) is 0 Å². The first-order chi connectivity index (χ1) is 9.95. The highest BCUT2D eigenvalue weighted by Gasteiger charge is 2.53. The molecule has 0 heteroatoms. The molecule has 2 saturated carbocycles. The first kappa shape index (κ1) is 16.8. The Balaban J connectivity index is 1.75. The number of fused-ring (bicyclic) bond motifs is 1. The van der Waals surface area contributed by atoms with Gasteiger partial charge in [-0.15, -0.1) is 0 Å². The molecule has 0 N–H and O–H groups in total.